The van der Waals surface area contributed by atoms with E-state index in [1.54, 1.807) is 24.3 Å². The molecule has 13 heavy (non-hydrogen) atoms. The van der Waals surface area contributed by atoms with E-state index in [-0.39, 0.29) is 12.4 Å². The van der Waals surface area contributed by atoms with Crippen LogP contribution in [0.2, 0.25) is 0 Å². The van der Waals surface area contributed by atoms with Gasteiger partial charge in [-0.15, -0.1) is 0 Å². The van der Waals surface area contributed by atoms with Gasteiger partial charge in [-0.3, -0.25) is 0 Å². The van der Waals surface area contributed by atoms with Gasteiger partial charge in [-0.05, 0) is 17.7 Å². The number of phenols is 1. The minimum atomic E-state index is -0.542. The maximum absolute atomic E-state index is 9.41. The number of rotatable bonds is 3. The molecule has 1 unspecified atom stereocenters. The topological polar surface area (TPSA) is 66.5 Å². The minimum absolute atomic E-state index is 0.104. The summed E-state index contributed by atoms with van der Waals surface area (Å²) >= 11 is 0. The molecule has 0 heterocycles. The zero-order valence-corrected chi connectivity index (χ0v) is 7.27. The molecule has 0 spiro atoms. The predicted molar refractivity (Wildman–Crippen MR) is 52.2 cm³/mol. The van der Waals surface area contributed by atoms with Crippen molar-refractivity contribution in [2.45, 2.75) is 6.04 Å². The first-order valence-electron chi connectivity index (χ1n) is 4.01. The molecule has 0 aliphatic heterocycles. The van der Waals surface area contributed by atoms with Gasteiger partial charge in [-0.1, -0.05) is 18.7 Å². The molecule has 0 aromatic heterocycles. The van der Waals surface area contributed by atoms with Crippen molar-refractivity contribution in [2.75, 3.05) is 6.61 Å². The highest BCUT2D eigenvalue weighted by Crippen LogP contribution is 2.23. The number of aliphatic hydroxyl groups excluding tert-OH is 1. The van der Waals surface area contributed by atoms with Crippen LogP contribution in [0.4, 0.5) is 0 Å². The fourth-order valence-electron chi connectivity index (χ4n) is 1.10. The van der Waals surface area contributed by atoms with Crippen LogP contribution in [-0.2, 0) is 0 Å². The van der Waals surface area contributed by atoms with Crippen LogP contribution in [-0.4, -0.2) is 16.8 Å². The Bertz CT molecular complexity index is 310. The van der Waals surface area contributed by atoms with Gasteiger partial charge in [0.05, 0.1) is 12.6 Å². The lowest BCUT2D eigenvalue weighted by Gasteiger charge is -2.11. The largest absolute Gasteiger partial charge is 0.508 e. The Kier molecular flexibility index (Phi) is 3.06. The normalized spacial score (nSPS) is 12.5. The number of phenolic OH excluding ortho intramolecular Hbond substituents is 1. The summed E-state index contributed by atoms with van der Waals surface area (Å²) in [6.45, 7) is 3.42. The minimum Gasteiger partial charge on any atom is -0.508 e. The van der Waals surface area contributed by atoms with E-state index in [0.717, 1.165) is 5.56 Å². The number of hydrogen-bond acceptors (Lipinski definition) is 3. The van der Waals surface area contributed by atoms with Crippen LogP contribution < -0.4 is 5.73 Å². The van der Waals surface area contributed by atoms with Crippen LogP contribution >= 0.6 is 0 Å². The molecule has 0 bridgehead atoms. The SMILES string of the molecule is C=Cc1ccc(O)c(C(N)CO)c1. The van der Waals surface area contributed by atoms with Crippen LogP contribution in [0.25, 0.3) is 6.08 Å². The summed E-state index contributed by atoms with van der Waals surface area (Å²) in [5, 5.41) is 18.2. The molecule has 0 saturated carbocycles. The lowest BCUT2D eigenvalue weighted by atomic mass is 10.0. The number of benzene rings is 1. The average Bonchev–Trinajstić information content (AvgIpc) is 2.17. The molecule has 1 rings (SSSR count). The Balaban J connectivity index is 3.10. The molecular weight excluding hydrogens is 166 g/mol. The number of nitrogens with two attached hydrogens (primary N) is 1. The summed E-state index contributed by atoms with van der Waals surface area (Å²) in [6, 6.07) is 4.45. The van der Waals surface area contributed by atoms with Crippen molar-refractivity contribution in [1.82, 2.24) is 0 Å². The van der Waals surface area contributed by atoms with Crippen LogP contribution in [0.5, 0.6) is 5.75 Å². The quantitative estimate of drug-likeness (QED) is 0.649. The average molecular weight is 179 g/mol. The van der Waals surface area contributed by atoms with Crippen molar-refractivity contribution in [2.24, 2.45) is 5.73 Å². The molecule has 4 N–H and O–H groups in total. The van der Waals surface area contributed by atoms with Gasteiger partial charge in [0.2, 0.25) is 0 Å². The molecule has 0 amide bonds. The van der Waals surface area contributed by atoms with E-state index in [9.17, 15) is 5.11 Å². The monoisotopic (exact) mass is 179 g/mol. The van der Waals surface area contributed by atoms with Crippen LogP contribution in [0.3, 0.4) is 0 Å². The zero-order chi connectivity index (χ0) is 9.84. The smallest absolute Gasteiger partial charge is 0.120 e. The van der Waals surface area contributed by atoms with Gasteiger partial charge in [0.15, 0.2) is 0 Å². The second-order valence-corrected chi connectivity index (χ2v) is 2.81. The Morgan fingerprint density at radius 1 is 1.54 bits per heavy atom. The molecule has 1 atom stereocenters. The molecule has 70 valence electrons. The second kappa shape index (κ2) is 4.07. The third-order valence-corrected chi connectivity index (χ3v) is 1.88. The van der Waals surface area contributed by atoms with E-state index in [1.165, 1.54) is 0 Å². The van der Waals surface area contributed by atoms with Crippen molar-refractivity contribution in [1.29, 1.82) is 0 Å². The van der Waals surface area contributed by atoms with E-state index in [0.29, 0.717) is 5.56 Å². The highest BCUT2D eigenvalue weighted by Gasteiger charge is 2.09. The first-order valence-corrected chi connectivity index (χ1v) is 4.01. The Hall–Kier alpha value is -1.32. The van der Waals surface area contributed by atoms with Crippen LogP contribution in [0.1, 0.15) is 17.2 Å². The van der Waals surface area contributed by atoms with Gasteiger partial charge in [-0.2, -0.15) is 0 Å². The Morgan fingerprint density at radius 2 is 2.23 bits per heavy atom. The van der Waals surface area contributed by atoms with Crippen molar-refractivity contribution < 1.29 is 10.2 Å². The van der Waals surface area contributed by atoms with Crippen molar-refractivity contribution in [3.05, 3.63) is 35.9 Å². The molecule has 1 aromatic rings. The molecular formula is C10H13NO2. The van der Waals surface area contributed by atoms with E-state index in [1.807, 2.05) is 0 Å². The first kappa shape index (κ1) is 9.77. The summed E-state index contributed by atoms with van der Waals surface area (Å²) in [5.41, 5.74) is 6.99. The van der Waals surface area contributed by atoms with E-state index in [4.69, 9.17) is 10.8 Å². The van der Waals surface area contributed by atoms with Crippen molar-refractivity contribution >= 4 is 6.08 Å². The van der Waals surface area contributed by atoms with Gasteiger partial charge in [-0.25, -0.2) is 0 Å². The second-order valence-electron chi connectivity index (χ2n) is 2.81. The summed E-state index contributed by atoms with van der Waals surface area (Å²) in [5.74, 6) is 0.104. The number of aliphatic hydroxyl groups is 1. The van der Waals surface area contributed by atoms with Crippen molar-refractivity contribution in [3.8, 4) is 5.75 Å². The predicted octanol–water partition coefficient (Wildman–Crippen LogP) is 1.03. The third-order valence-electron chi connectivity index (χ3n) is 1.88. The molecule has 3 nitrogen and oxygen atoms in total. The molecule has 0 fully saturated rings. The standard InChI is InChI=1S/C10H13NO2/c1-2-7-3-4-10(13)8(5-7)9(11)6-12/h2-5,9,12-13H,1,6,11H2. The first-order chi connectivity index (χ1) is 6.19. The van der Waals surface area contributed by atoms with E-state index < -0.39 is 6.04 Å². The molecule has 1 aromatic carbocycles. The lowest BCUT2D eigenvalue weighted by Crippen LogP contribution is -2.14. The third kappa shape index (κ3) is 2.08. The molecule has 0 saturated heterocycles. The number of aromatic hydroxyl groups is 1. The fourth-order valence-corrected chi connectivity index (χ4v) is 1.10. The van der Waals surface area contributed by atoms with Gasteiger partial charge in [0.25, 0.3) is 0 Å². The summed E-state index contributed by atoms with van der Waals surface area (Å²) in [7, 11) is 0. The maximum Gasteiger partial charge on any atom is 0.120 e. The summed E-state index contributed by atoms with van der Waals surface area (Å²) in [6.07, 6.45) is 1.66. The fraction of sp³-hybridized carbons (Fsp3) is 0.200. The maximum atomic E-state index is 9.41. The molecule has 3 heteroatoms. The van der Waals surface area contributed by atoms with E-state index in [2.05, 4.69) is 6.58 Å². The lowest BCUT2D eigenvalue weighted by molar-refractivity contribution is 0.265. The highest BCUT2D eigenvalue weighted by molar-refractivity contribution is 5.52. The van der Waals surface area contributed by atoms with Gasteiger partial charge < -0.3 is 15.9 Å². The number of hydrogen-bond donors (Lipinski definition) is 3. The van der Waals surface area contributed by atoms with Gasteiger partial charge >= 0.3 is 0 Å². The zero-order valence-electron chi connectivity index (χ0n) is 7.27. The molecule has 0 aliphatic rings. The summed E-state index contributed by atoms with van der Waals surface area (Å²) in [4.78, 5) is 0. The van der Waals surface area contributed by atoms with Gasteiger partial charge in [0.1, 0.15) is 5.75 Å². The highest BCUT2D eigenvalue weighted by atomic mass is 16.3. The summed E-state index contributed by atoms with van der Waals surface area (Å²) < 4.78 is 0. The Labute approximate surface area is 77.1 Å². The van der Waals surface area contributed by atoms with E-state index >= 15 is 0 Å². The van der Waals surface area contributed by atoms with Gasteiger partial charge in [0, 0.05) is 5.56 Å². The Morgan fingerprint density at radius 3 is 2.77 bits per heavy atom. The molecule has 0 aliphatic carbocycles. The molecule has 0 radical (unpaired) electrons. The van der Waals surface area contributed by atoms with Crippen LogP contribution in [0.15, 0.2) is 24.8 Å². The van der Waals surface area contributed by atoms with Crippen molar-refractivity contribution in [3.63, 3.8) is 0 Å². The van der Waals surface area contributed by atoms with Crippen LogP contribution in [0, 0.1) is 0 Å².